The van der Waals surface area contributed by atoms with Gasteiger partial charge in [0.05, 0.1) is 13.5 Å². The summed E-state index contributed by atoms with van der Waals surface area (Å²) in [5, 5.41) is 5.08. The number of esters is 1. The van der Waals surface area contributed by atoms with Crippen LogP contribution in [0, 0.1) is 6.92 Å². The van der Waals surface area contributed by atoms with E-state index in [1.807, 2.05) is 31.2 Å². The first-order chi connectivity index (χ1) is 9.11. The van der Waals surface area contributed by atoms with E-state index >= 15 is 0 Å². The minimum Gasteiger partial charge on any atom is -0.469 e. The largest absolute Gasteiger partial charge is 0.469 e. The number of aryl methyl sites for hydroxylation is 1. The first-order valence-corrected chi connectivity index (χ1v) is 6.08. The molecular formula is C14H17N3O2. The summed E-state index contributed by atoms with van der Waals surface area (Å²) < 4.78 is 4.60. The number of ether oxygens (including phenoxy) is 1. The second kappa shape index (κ2) is 5.56. The van der Waals surface area contributed by atoms with Gasteiger partial charge in [0.25, 0.3) is 0 Å². The van der Waals surface area contributed by atoms with Crippen LogP contribution in [0.3, 0.4) is 0 Å². The van der Waals surface area contributed by atoms with Crippen LogP contribution >= 0.6 is 0 Å². The van der Waals surface area contributed by atoms with Crippen molar-refractivity contribution in [2.24, 2.45) is 0 Å². The maximum Gasteiger partial charge on any atom is 0.307 e. The van der Waals surface area contributed by atoms with Crippen LogP contribution in [0.2, 0.25) is 0 Å². The van der Waals surface area contributed by atoms with E-state index in [-0.39, 0.29) is 5.97 Å². The molecule has 0 atom stereocenters. The molecule has 5 nitrogen and oxygen atoms in total. The first-order valence-electron chi connectivity index (χ1n) is 6.08. The van der Waals surface area contributed by atoms with Crippen LogP contribution in [0.25, 0.3) is 10.8 Å². The maximum atomic E-state index is 11.1. The Morgan fingerprint density at radius 1 is 1.42 bits per heavy atom. The van der Waals surface area contributed by atoms with Gasteiger partial charge in [-0.25, -0.2) is 4.98 Å². The number of nitrogens with two attached hydrogens (primary N) is 1. The Hall–Kier alpha value is -2.30. The molecule has 5 heteroatoms. The molecule has 0 aliphatic heterocycles. The molecule has 1 aromatic heterocycles. The Kier molecular flexibility index (Phi) is 3.85. The number of benzene rings is 1. The smallest absolute Gasteiger partial charge is 0.307 e. The van der Waals surface area contributed by atoms with Crippen molar-refractivity contribution in [2.45, 2.75) is 13.3 Å². The van der Waals surface area contributed by atoms with Gasteiger partial charge < -0.3 is 15.8 Å². The molecule has 0 saturated heterocycles. The van der Waals surface area contributed by atoms with Gasteiger partial charge in [-0.1, -0.05) is 12.1 Å². The average molecular weight is 259 g/mol. The van der Waals surface area contributed by atoms with E-state index in [1.165, 1.54) is 7.11 Å². The second-order valence-electron chi connectivity index (χ2n) is 4.31. The Labute approximate surface area is 111 Å². The SMILES string of the molecule is COC(=O)CCNc1nc(C)cc2c(N)cccc12. The van der Waals surface area contributed by atoms with Crippen molar-refractivity contribution >= 4 is 28.2 Å². The van der Waals surface area contributed by atoms with E-state index in [1.54, 1.807) is 0 Å². The number of rotatable bonds is 4. The van der Waals surface area contributed by atoms with Gasteiger partial charge >= 0.3 is 5.97 Å². The van der Waals surface area contributed by atoms with Crippen molar-refractivity contribution in [3.8, 4) is 0 Å². The zero-order valence-corrected chi connectivity index (χ0v) is 11.1. The van der Waals surface area contributed by atoms with E-state index < -0.39 is 0 Å². The number of hydrogen-bond donors (Lipinski definition) is 2. The number of hydrogen-bond acceptors (Lipinski definition) is 5. The monoisotopic (exact) mass is 259 g/mol. The van der Waals surface area contributed by atoms with Crippen molar-refractivity contribution in [1.29, 1.82) is 0 Å². The lowest BCUT2D eigenvalue weighted by Crippen LogP contribution is -2.11. The van der Waals surface area contributed by atoms with Gasteiger partial charge in [0.1, 0.15) is 5.82 Å². The van der Waals surface area contributed by atoms with Crippen molar-refractivity contribution in [2.75, 3.05) is 24.7 Å². The summed E-state index contributed by atoms with van der Waals surface area (Å²) in [6, 6.07) is 7.66. The molecule has 3 N–H and O–H groups in total. The van der Waals surface area contributed by atoms with Crippen LogP contribution in [0.15, 0.2) is 24.3 Å². The number of carbonyl (C=O) groups is 1. The molecule has 2 rings (SSSR count). The minimum absolute atomic E-state index is 0.246. The Morgan fingerprint density at radius 2 is 2.21 bits per heavy atom. The standard InChI is InChI=1S/C14H17N3O2/c1-9-8-11-10(4-3-5-12(11)15)14(17-9)16-7-6-13(18)19-2/h3-5,8H,6-7,15H2,1-2H3,(H,16,17). The lowest BCUT2D eigenvalue weighted by Gasteiger charge is -2.11. The minimum atomic E-state index is -0.246. The molecule has 0 bridgehead atoms. The van der Waals surface area contributed by atoms with E-state index in [4.69, 9.17) is 5.73 Å². The topological polar surface area (TPSA) is 77.2 Å². The van der Waals surface area contributed by atoms with Gasteiger partial charge in [-0.3, -0.25) is 4.79 Å². The quantitative estimate of drug-likeness (QED) is 0.649. The van der Waals surface area contributed by atoms with Gasteiger partial charge in [0.15, 0.2) is 0 Å². The second-order valence-corrected chi connectivity index (χ2v) is 4.31. The summed E-state index contributed by atoms with van der Waals surface area (Å²) in [5.74, 6) is 0.496. The number of aromatic nitrogens is 1. The fourth-order valence-corrected chi connectivity index (χ4v) is 1.95. The predicted molar refractivity (Wildman–Crippen MR) is 76.0 cm³/mol. The highest BCUT2D eigenvalue weighted by Crippen LogP contribution is 2.26. The number of methoxy groups -OCH3 is 1. The van der Waals surface area contributed by atoms with Crippen LogP contribution in [-0.2, 0) is 9.53 Å². The average Bonchev–Trinajstić information content (AvgIpc) is 2.39. The number of anilines is 2. The van der Waals surface area contributed by atoms with E-state index in [2.05, 4.69) is 15.0 Å². The fourth-order valence-electron chi connectivity index (χ4n) is 1.95. The Morgan fingerprint density at radius 3 is 2.95 bits per heavy atom. The van der Waals surface area contributed by atoms with Crippen molar-refractivity contribution in [3.05, 3.63) is 30.0 Å². The molecule has 0 radical (unpaired) electrons. The van der Waals surface area contributed by atoms with Gasteiger partial charge in [-0.2, -0.15) is 0 Å². The van der Waals surface area contributed by atoms with E-state index in [0.717, 1.165) is 28.0 Å². The normalized spacial score (nSPS) is 10.4. The summed E-state index contributed by atoms with van der Waals surface area (Å²) in [6.07, 6.45) is 0.302. The number of carbonyl (C=O) groups excluding carboxylic acids is 1. The summed E-state index contributed by atoms with van der Waals surface area (Å²) in [6.45, 7) is 2.39. The molecule has 0 aliphatic rings. The maximum absolute atomic E-state index is 11.1. The van der Waals surface area contributed by atoms with Gasteiger partial charge in [-0.15, -0.1) is 0 Å². The molecule has 0 aliphatic carbocycles. The summed E-state index contributed by atoms with van der Waals surface area (Å²) in [4.78, 5) is 15.5. The number of nitrogens with one attached hydrogen (secondary N) is 1. The number of pyridine rings is 1. The predicted octanol–water partition coefficient (Wildman–Crippen LogP) is 2.10. The molecule has 2 aromatic rings. The summed E-state index contributed by atoms with van der Waals surface area (Å²) >= 11 is 0. The fraction of sp³-hybridized carbons (Fsp3) is 0.286. The highest BCUT2D eigenvalue weighted by molar-refractivity contribution is 5.99. The van der Waals surface area contributed by atoms with E-state index in [0.29, 0.717) is 13.0 Å². The van der Waals surface area contributed by atoms with Crippen LogP contribution in [0.5, 0.6) is 0 Å². The lowest BCUT2D eigenvalue weighted by molar-refractivity contribution is -0.140. The number of fused-ring (bicyclic) bond motifs is 1. The zero-order chi connectivity index (χ0) is 13.8. The molecule has 100 valence electrons. The third kappa shape index (κ3) is 2.93. The van der Waals surface area contributed by atoms with Crippen LogP contribution < -0.4 is 11.1 Å². The van der Waals surface area contributed by atoms with E-state index in [9.17, 15) is 4.79 Å². The van der Waals surface area contributed by atoms with Gasteiger partial charge in [0, 0.05) is 28.7 Å². The molecule has 0 saturated carbocycles. The third-order valence-electron chi connectivity index (χ3n) is 2.89. The summed E-state index contributed by atoms with van der Waals surface area (Å²) in [7, 11) is 1.38. The molecular weight excluding hydrogens is 242 g/mol. The van der Waals surface area contributed by atoms with Crippen LogP contribution in [0.4, 0.5) is 11.5 Å². The highest BCUT2D eigenvalue weighted by Gasteiger charge is 2.07. The third-order valence-corrected chi connectivity index (χ3v) is 2.89. The number of nitrogens with zero attached hydrogens (tertiary/aromatic N) is 1. The Balaban J connectivity index is 2.27. The molecule has 19 heavy (non-hydrogen) atoms. The zero-order valence-electron chi connectivity index (χ0n) is 11.1. The first kappa shape index (κ1) is 13.1. The van der Waals surface area contributed by atoms with Gasteiger partial charge in [0.2, 0.25) is 0 Å². The molecule has 0 fully saturated rings. The van der Waals surface area contributed by atoms with Gasteiger partial charge in [-0.05, 0) is 19.1 Å². The van der Waals surface area contributed by atoms with Crippen LogP contribution in [0.1, 0.15) is 12.1 Å². The number of nitrogen functional groups attached to an aromatic ring is 1. The molecule has 0 amide bonds. The highest BCUT2D eigenvalue weighted by atomic mass is 16.5. The van der Waals surface area contributed by atoms with Crippen molar-refractivity contribution in [3.63, 3.8) is 0 Å². The van der Waals surface area contributed by atoms with Crippen molar-refractivity contribution in [1.82, 2.24) is 4.98 Å². The Bertz CT molecular complexity index is 611. The van der Waals surface area contributed by atoms with Crippen LogP contribution in [-0.4, -0.2) is 24.6 Å². The molecule has 1 aromatic carbocycles. The summed E-state index contributed by atoms with van der Waals surface area (Å²) in [5.41, 5.74) is 7.56. The van der Waals surface area contributed by atoms with Crippen molar-refractivity contribution < 1.29 is 9.53 Å². The molecule has 1 heterocycles. The lowest BCUT2D eigenvalue weighted by atomic mass is 10.1. The molecule has 0 unspecified atom stereocenters. The molecule has 0 spiro atoms.